The molecule has 2 aromatic carbocycles. The summed E-state index contributed by atoms with van der Waals surface area (Å²) in [4.78, 5) is 36.1. The molecule has 39 heavy (non-hydrogen) atoms. The molecule has 6 rings (SSSR count). The Morgan fingerprint density at radius 2 is 1.90 bits per heavy atom. The minimum atomic E-state index is -0.553. The zero-order valence-electron chi connectivity index (χ0n) is 20.9. The van der Waals surface area contributed by atoms with Crippen LogP contribution in [0.3, 0.4) is 0 Å². The van der Waals surface area contributed by atoms with E-state index in [2.05, 4.69) is 20.4 Å². The minimum absolute atomic E-state index is 0.0778. The van der Waals surface area contributed by atoms with Crippen LogP contribution in [0.25, 0.3) is 34.3 Å². The number of nitrogens with one attached hydrogen (secondary N) is 1. The quantitative estimate of drug-likeness (QED) is 0.319. The summed E-state index contributed by atoms with van der Waals surface area (Å²) in [5.41, 5.74) is 8.52. The van der Waals surface area contributed by atoms with Gasteiger partial charge in [0.15, 0.2) is 11.5 Å². The van der Waals surface area contributed by atoms with Gasteiger partial charge >= 0.3 is 0 Å². The topological polar surface area (TPSA) is 120 Å². The van der Waals surface area contributed by atoms with Gasteiger partial charge in [0.1, 0.15) is 10.6 Å². The highest BCUT2D eigenvalue weighted by atomic mass is 32.1. The number of aromatic nitrogens is 5. The number of nitrogens with zero attached hydrogens (tertiary/aromatic N) is 5. The van der Waals surface area contributed by atoms with E-state index in [0.29, 0.717) is 22.4 Å². The maximum absolute atomic E-state index is 14.1. The normalized spacial score (nSPS) is 12.3. The fourth-order valence-electron chi connectivity index (χ4n) is 4.65. The van der Waals surface area contributed by atoms with E-state index in [4.69, 9.17) is 5.73 Å². The molecule has 4 aromatic heterocycles. The van der Waals surface area contributed by atoms with E-state index in [9.17, 15) is 9.59 Å². The Labute approximate surface area is 226 Å². The van der Waals surface area contributed by atoms with Crippen molar-refractivity contribution in [3.63, 3.8) is 0 Å². The molecule has 0 bridgehead atoms. The molecule has 3 N–H and O–H groups in total. The Hall–Kier alpha value is -5.09. The molecule has 0 fully saturated rings. The first-order chi connectivity index (χ1) is 19.0. The summed E-state index contributed by atoms with van der Waals surface area (Å²) in [5.74, 6) is -0.352. The first-order valence-corrected chi connectivity index (χ1v) is 13.1. The van der Waals surface area contributed by atoms with Crippen molar-refractivity contribution in [3.8, 4) is 5.69 Å². The Morgan fingerprint density at radius 3 is 2.69 bits per heavy atom. The maximum atomic E-state index is 14.1. The molecule has 0 saturated heterocycles. The zero-order chi connectivity index (χ0) is 26.9. The number of nitrogen functional groups attached to an aromatic ring is 1. The number of nitrogens with two attached hydrogens (primary N) is 1. The molecule has 192 valence electrons. The minimum Gasteiger partial charge on any atom is -0.381 e. The van der Waals surface area contributed by atoms with E-state index in [-0.39, 0.29) is 16.9 Å². The van der Waals surface area contributed by atoms with Crippen molar-refractivity contribution in [2.75, 3.05) is 5.73 Å². The summed E-state index contributed by atoms with van der Waals surface area (Å²) in [6.07, 6.45) is 8.80. The summed E-state index contributed by atoms with van der Waals surface area (Å²) >= 11 is 1.52. The van der Waals surface area contributed by atoms with Gasteiger partial charge in [-0.3, -0.25) is 14.2 Å². The molecule has 9 nitrogen and oxygen atoms in total. The second-order valence-corrected chi connectivity index (χ2v) is 9.83. The highest BCUT2D eigenvalue weighted by Gasteiger charge is 2.23. The van der Waals surface area contributed by atoms with Crippen LogP contribution >= 0.6 is 11.3 Å². The van der Waals surface area contributed by atoms with Crippen LogP contribution in [0.4, 0.5) is 5.82 Å². The number of carbonyl (C=O) groups is 1. The average Bonchev–Trinajstić information content (AvgIpc) is 3.59. The molecule has 1 atom stereocenters. The number of anilines is 1. The van der Waals surface area contributed by atoms with Crippen LogP contribution < -0.4 is 16.6 Å². The van der Waals surface area contributed by atoms with E-state index in [0.717, 1.165) is 16.0 Å². The lowest BCUT2D eigenvalue weighted by molar-refractivity contribution is 0.0941. The molecule has 6 aromatic rings. The van der Waals surface area contributed by atoms with E-state index in [1.807, 2.05) is 79.1 Å². The molecule has 0 saturated carbocycles. The molecule has 1 unspecified atom stereocenters. The number of hydrogen-bond acceptors (Lipinski definition) is 7. The summed E-state index contributed by atoms with van der Waals surface area (Å²) in [5, 5.41) is 11.3. The highest BCUT2D eigenvalue weighted by Crippen LogP contribution is 2.25. The van der Waals surface area contributed by atoms with Crippen molar-refractivity contribution < 1.29 is 4.79 Å². The molecule has 1 amide bonds. The van der Waals surface area contributed by atoms with Gasteiger partial charge in [-0.2, -0.15) is 0 Å². The molecule has 0 aliphatic rings. The Kier molecular flexibility index (Phi) is 6.22. The van der Waals surface area contributed by atoms with Gasteiger partial charge in [0.25, 0.3) is 11.5 Å². The summed E-state index contributed by atoms with van der Waals surface area (Å²) < 4.78 is 3.11. The zero-order valence-corrected chi connectivity index (χ0v) is 21.7. The number of fused-ring (bicyclic) bond motifs is 2. The number of carbonyl (C=O) groups excluding carboxylic acids is 1. The third-order valence-corrected chi connectivity index (χ3v) is 7.16. The Morgan fingerprint density at radius 1 is 1.05 bits per heavy atom. The average molecular weight is 534 g/mol. The fourth-order valence-corrected chi connectivity index (χ4v) is 5.18. The van der Waals surface area contributed by atoms with Crippen molar-refractivity contribution in [3.05, 3.63) is 117 Å². The standard InChI is InChI=1S/C29H23N7O2S/c1-18(33-28(37)25-26(30)34-35-15-6-13-32-27(25)35)22-17-20-8-5-7-19(11-12-23-31-14-16-39-23)24(20)29(38)36(22)21-9-3-2-4-10-21/h2-18H,1H3,(H2,30,34)(H,33,37). The molecule has 0 aliphatic heterocycles. The van der Waals surface area contributed by atoms with Crippen LogP contribution in [0.15, 0.2) is 89.4 Å². The summed E-state index contributed by atoms with van der Waals surface area (Å²) in [6.45, 7) is 1.83. The lowest BCUT2D eigenvalue weighted by Crippen LogP contribution is -2.32. The molecular formula is C29H23N7O2S. The van der Waals surface area contributed by atoms with Crippen molar-refractivity contribution in [1.82, 2.24) is 29.5 Å². The van der Waals surface area contributed by atoms with E-state index in [1.165, 1.54) is 15.9 Å². The van der Waals surface area contributed by atoms with Crippen LogP contribution in [0.2, 0.25) is 0 Å². The van der Waals surface area contributed by atoms with Crippen molar-refractivity contribution in [2.24, 2.45) is 0 Å². The lowest BCUT2D eigenvalue weighted by atomic mass is 10.0. The van der Waals surface area contributed by atoms with Gasteiger partial charge in [-0.25, -0.2) is 14.5 Å². The number of para-hydroxylation sites is 1. The number of amides is 1. The predicted molar refractivity (Wildman–Crippen MR) is 154 cm³/mol. The van der Waals surface area contributed by atoms with Crippen LogP contribution in [0, 0.1) is 0 Å². The number of benzene rings is 2. The van der Waals surface area contributed by atoms with Crippen molar-refractivity contribution in [2.45, 2.75) is 13.0 Å². The molecular weight excluding hydrogens is 510 g/mol. The molecule has 0 spiro atoms. The number of hydrogen-bond donors (Lipinski definition) is 2. The monoisotopic (exact) mass is 533 g/mol. The van der Waals surface area contributed by atoms with Gasteiger partial charge in [-0.1, -0.05) is 42.5 Å². The Balaban J connectivity index is 1.47. The molecule has 0 aliphatic carbocycles. The van der Waals surface area contributed by atoms with Crippen LogP contribution in [-0.4, -0.2) is 30.1 Å². The predicted octanol–water partition coefficient (Wildman–Crippen LogP) is 4.73. The largest absolute Gasteiger partial charge is 0.381 e. The van der Waals surface area contributed by atoms with Gasteiger partial charge in [-0.05, 0) is 48.2 Å². The lowest BCUT2D eigenvalue weighted by Gasteiger charge is -2.21. The van der Waals surface area contributed by atoms with E-state index >= 15 is 0 Å². The first-order valence-electron chi connectivity index (χ1n) is 12.2. The van der Waals surface area contributed by atoms with Crippen LogP contribution in [0.1, 0.15) is 39.6 Å². The second kappa shape index (κ2) is 9.99. The molecule has 10 heteroatoms. The van der Waals surface area contributed by atoms with Gasteiger partial charge in [0, 0.05) is 35.4 Å². The fraction of sp³-hybridized carbons (Fsp3) is 0.0690. The van der Waals surface area contributed by atoms with Crippen LogP contribution in [-0.2, 0) is 0 Å². The number of rotatable bonds is 6. The van der Waals surface area contributed by atoms with Gasteiger partial charge in [0.05, 0.1) is 11.4 Å². The molecule has 0 radical (unpaired) electrons. The number of thiazole rings is 1. The van der Waals surface area contributed by atoms with Gasteiger partial charge in [-0.15, -0.1) is 16.4 Å². The summed E-state index contributed by atoms with van der Waals surface area (Å²) in [7, 11) is 0. The first kappa shape index (κ1) is 24.3. The third kappa shape index (κ3) is 4.47. The highest BCUT2D eigenvalue weighted by molar-refractivity contribution is 7.10. The summed E-state index contributed by atoms with van der Waals surface area (Å²) in [6, 6.07) is 18.2. The smallest absolute Gasteiger partial charge is 0.263 e. The second-order valence-electron chi connectivity index (χ2n) is 8.90. The third-order valence-electron chi connectivity index (χ3n) is 6.42. The van der Waals surface area contributed by atoms with Gasteiger partial charge < -0.3 is 11.1 Å². The van der Waals surface area contributed by atoms with E-state index < -0.39 is 11.9 Å². The van der Waals surface area contributed by atoms with Crippen molar-refractivity contribution >= 4 is 51.6 Å². The van der Waals surface area contributed by atoms with Crippen LogP contribution in [0.5, 0.6) is 0 Å². The van der Waals surface area contributed by atoms with Crippen molar-refractivity contribution in [1.29, 1.82) is 0 Å². The molecule has 4 heterocycles. The maximum Gasteiger partial charge on any atom is 0.263 e. The Bertz CT molecular complexity index is 1910. The number of pyridine rings is 1. The SMILES string of the molecule is CC(NC(=O)c1c(N)nn2cccnc12)c1cc2cccc(C=Cc3nccs3)c2c(=O)n1-c1ccccc1. The van der Waals surface area contributed by atoms with E-state index in [1.54, 1.807) is 29.2 Å². The van der Waals surface area contributed by atoms with Gasteiger partial charge in [0.2, 0.25) is 0 Å².